The zero-order chi connectivity index (χ0) is 9.62. The Balaban J connectivity index is 2.82. The van der Waals surface area contributed by atoms with Gasteiger partial charge in [-0.2, -0.15) is 0 Å². The minimum Gasteiger partial charge on any atom is -0.308 e. The average molecular weight is 170 g/mol. The van der Waals surface area contributed by atoms with E-state index in [9.17, 15) is 0 Å². The average Bonchev–Trinajstić information content (AvgIpc) is 1.79. The number of hydrogen-bond donors (Lipinski definition) is 2. The predicted molar refractivity (Wildman–Crippen MR) is 53.4 cm³/mol. The summed E-state index contributed by atoms with van der Waals surface area (Å²) in [6.45, 7) is 14.5. The molecule has 1 saturated heterocycles. The fourth-order valence-corrected chi connectivity index (χ4v) is 1.71. The van der Waals surface area contributed by atoms with Gasteiger partial charge >= 0.3 is 0 Å². The summed E-state index contributed by atoms with van der Waals surface area (Å²) >= 11 is 0. The second kappa shape index (κ2) is 2.46. The van der Waals surface area contributed by atoms with Crippen molar-refractivity contribution in [2.75, 3.05) is 6.54 Å². The number of piperazine rings is 1. The summed E-state index contributed by atoms with van der Waals surface area (Å²) in [5, 5.41) is 7.24. The van der Waals surface area contributed by atoms with Crippen molar-refractivity contribution in [3.8, 4) is 0 Å². The van der Waals surface area contributed by atoms with Gasteiger partial charge in [-0.3, -0.25) is 0 Å². The zero-order valence-electron chi connectivity index (χ0n) is 9.21. The van der Waals surface area contributed by atoms with E-state index >= 15 is 0 Å². The van der Waals surface area contributed by atoms with Gasteiger partial charge in [-0.25, -0.2) is 0 Å². The first-order chi connectivity index (χ1) is 5.16. The van der Waals surface area contributed by atoms with E-state index in [0.717, 1.165) is 6.54 Å². The van der Waals surface area contributed by atoms with Crippen LogP contribution in [0.3, 0.4) is 0 Å². The van der Waals surface area contributed by atoms with E-state index in [2.05, 4.69) is 52.2 Å². The van der Waals surface area contributed by atoms with E-state index in [0.29, 0.717) is 0 Å². The molecule has 0 atom stereocenters. The highest BCUT2D eigenvalue weighted by atomic mass is 15.2. The lowest BCUT2D eigenvalue weighted by Gasteiger charge is -2.53. The molecule has 0 radical (unpaired) electrons. The monoisotopic (exact) mass is 170 g/mol. The van der Waals surface area contributed by atoms with E-state index in [4.69, 9.17) is 0 Å². The van der Waals surface area contributed by atoms with Crippen LogP contribution in [0, 0.1) is 0 Å². The van der Waals surface area contributed by atoms with Crippen LogP contribution in [0.4, 0.5) is 0 Å². The van der Waals surface area contributed by atoms with Crippen LogP contribution in [0.25, 0.3) is 0 Å². The Kier molecular flexibility index (Phi) is 2.05. The molecule has 12 heavy (non-hydrogen) atoms. The molecule has 1 rings (SSSR count). The van der Waals surface area contributed by atoms with Crippen molar-refractivity contribution < 1.29 is 0 Å². The molecule has 0 saturated carbocycles. The Labute approximate surface area is 76.1 Å². The Morgan fingerprint density at radius 3 is 1.67 bits per heavy atom. The Morgan fingerprint density at radius 1 is 0.833 bits per heavy atom. The maximum Gasteiger partial charge on any atom is 0.0306 e. The third-order valence-corrected chi connectivity index (χ3v) is 3.19. The third kappa shape index (κ3) is 1.64. The van der Waals surface area contributed by atoms with Gasteiger partial charge in [-0.05, 0) is 41.5 Å². The van der Waals surface area contributed by atoms with Gasteiger partial charge in [0.2, 0.25) is 0 Å². The van der Waals surface area contributed by atoms with Crippen LogP contribution in [0.5, 0.6) is 0 Å². The molecule has 0 aromatic heterocycles. The summed E-state index contributed by atoms with van der Waals surface area (Å²) < 4.78 is 0. The molecular formula is C10H22N2. The van der Waals surface area contributed by atoms with E-state index in [1.807, 2.05) is 0 Å². The number of rotatable bonds is 0. The molecule has 2 nitrogen and oxygen atoms in total. The first kappa shape index (κ1) is 10.0. The lowest BCUT2D eigenvalue weighted by Crippen LogP contribution is -2.75. The standard InChI is InChI=1S/C10H22N2/c1-8(2)7-11-9(3,4)10(5,6)12-8/h11-12H,7H2,1-6H3. The lowest BCUT2D eigenvalue weighted by molar-refractivity contribution is 0.0907. The third-order valence-electron chi connectivity index (χ3n) is 3.19. The first-order valence-electron chi connectivity index (χ1n) is 4.71. The molecule has 1 aliphatic rings. The summed E-state index contributed by atoms with van der Waals surface area (Å²) in [6, 6.07) is 0. The molecule has 0 unspecified atom stereocenters. The minimum atomic E-state index is 0.148. The van der Waals surface area contributed by atoms with Crippen LogP contribution in [0.2, 0.25) is 0 Å². The van der Waals surface area contributed by atoms with Crippen molar-refractivity contribution >= 4 is 0 Å². The first-order valence-corrected chi connectivity index (χ1v) is 4.71. The van der Waals surface area contributed by atoms with Gasteiger partial charge in [0.1, 0.15) is 0 Å². The maximum atomic E-state index is 3.66. The van der Waals surface area contributed by atoms with Crippen LogP contribution in [0.1, 0.15) is 41.5 Å². The summed E-state index contributed by atoms with van der Waals surface area (Å²) in [5.41, 5.74) is 0.524. The van der Waals surface area contributed by atoms with E-state index in [1.54, 1.807) is 0 Å². The maximum absolute atomic E-state index is 3.66. The van der Waals surface area contributed by atoms with Crippen LogP contribution >= 0.6 is 0 Å². The van der Waals surface area contributed by atoms with Crippen molar-refractivity contribution in [2.24, 2.45) is 0 Å². The normalized spacial score (nSPS) is 31.5. The van der Waals surface area contributed by atoms with Crippen molar-refractivity contribution in [3.05, 3.63) is 0 Å². The highest BCUT2D eigenvalue weighted by molar-refractivity contribution is 5.08. The molecule has 0 aliphatic carbocycles. The molecule has 0 aromatic rings. The van der Waals surface area contributed by atoms with Crippen LogP contribution < -0.4 is 10.6 Å². The Morgan fingerprint density at radius 2 is 1.33 bits per heavy atom. The molecule has 72 valence electrons. The topological polar surface area (TPSA) is 24.1 Å². The van der Waals surface area contributed by atoms with Gasteiger partial charge in [0.25, 0.3) is 0 Å². The van der Waals surface area contributed by atoms with E-state index < -0.39 is 0 Å². The molecule has 2 heteroatoms. The molecule has 1 heterocycles. The molecular weight excluding hydrogens is 148 g/mol. The smallest absolute Gasteiger partial charge is 0.0306 e. The van der Waals surface area contributed by atoms with Crippen molar-refractivity contribution in [1.82, 2.24) is 10.6 Å². The molecule has 1 fully saturated rings. The van der Waals surface area contributed by atoms with Crippen LogP contribution in [-0.4, -0.2) is 23.2 Å². The molecule has 0 spiro atoms. The fraction of sp³-hybridized carbons (Fsp3) is 1.00. The SMILES string of the molecule is CC1(C)CNC(C)(C)C(C)(C)N1. The predicted octanol–water partition coefficient (Wildman–Crippen LogP) is 1.51. The zero-order valence-corrected chi connectivity index (χ0v) is 9.21. The molecule has 0 bridgehead atoms. The van der Waals surface area contributed by atoms with Gasteiger partial charge < -0.3 is 10.6 Å². The van der Waals surface area contributed by atoms with Gasteiger partial charge in [0.15, 0.2) is 0 Å². The van der Waals surface area contributed by atoms with Crippen LogP contribution in [-0.2, 0) is 0 Å². The molecule has 1 aliphatic heterocycles. The summed E-state index contributed by atoms with van der Waals surface area (Å²) in [6.07, 6.45) is 0. The second-order valence-corrected chi connectivity index (χ2v) is 5.61. The van der Waals surface area contributed by atoms with Gasteiger partial charge in [0.05, 0.1) is 0 Å². The summed E-state index contributed by atoms with van der Waals surface area (Å²) in [4.78, 5) is 0. The van der Waals surface area contributed by atoms with E-state index in [-0.39, 0.29) is 16.6 Å². The highest BCUT2D eigenvalue weighted by Crippen LogP contribution is 2.27. The minimum absolute atomic E-state index is 0.148. The Hall–Kier alpha value is -0.0800. The highest BCUT2D eigenvalue weighted by Gasteiger charge is 2.44. The van der Waals surface area contributed by atoms with Crippen molar-refractivity contribution in [2.45, 2.75) is 58.2 Å². The van der Waals surface area contributed by atoms with Gasteiger partial charge in [-0.15, -0.1) is 0 Å². The van der Waals surface area contributed by atoms with Crippen LogP contribution in [0.15, 0.2) is 0 Å². The largest absolute Gasteiger partial charge is 0.308 e. The van der Waals surface area contributed by atoms with Gasteiger partial charge in [0, 0.05) is 23.2 Å². The molecule has 0 aromatic carbocycles. The number of nitrogens with one attached hydrogen (secondary N) is 2. The lowest BCUT2D eigenvalue weighted by atomic mass is 9.77. The number of hydrogen-bond acceptors (Lipinski definition) is 2. The van der Waals surface area contributed by atoms with E-state index in [1.165, 1.54) is 0 Å². The second-order valence-electron chi connectivity index (χ2n) is 5.61. The molecule has 0 amide bonds. The molecule has 2 N–H and O–H groups in total. The fourth-order valence-electron chi connectivity index (χ4n) is 1.71. The quantitative estimate of drug-likeness (QED) is 0.576. The van der Waals surface area contributed by atoms with Crippen molar-refractivity contribution in [3.63, 3.8) is 0 Å². The Bertz CT molecular complexity index is 180. The van der Waals surface area contributed by atoms with Crippen molar-refractivity contribution in [1.29, 1.82) is 0 Å². The summed E-state index contributed by atoms with van der Waals surface area (Å²) in [7, 11) is 0. The van der Waals surface area contributed by atoms with Gasteiger partial charge in [-0.1, -0.05) is 0 Å². The summed E-state index contributed by atoms with van der Waals surface area (Å²) in [5.74, 6) is 0.